The molecule has 0 radical (unpaired) electrons. The molecule has 0 atom stereocenters. The van der Waals surface area contributed by atoms with Gasteiger partial charge in [0.15, 0.2) is 15.0 Å². The number of hydrogen-bond acceptors (Lipinski definition) is 5. The highest BCUT2D eigenvalue weighted by molar-refractivity contribution is 7.91. The predicted octanol–water partition coefficient (Wildman–Crippen LogP) is 4.64. The summed E-state index contributed by atoms with van der Waals surface area (Å²) in [4.78, 5) is 16.5. The average Bonchev–Trinajstić information content (AvgIpc) is 3.15. The molecule has 0 saturated heterocycles. The topological polar surface area (TPSA) is 88.2 Å². The Bertz CT molecular complexity index is 1020. The van der Waals surface area contributed by atoms with Crippen molar-refractivity contribution in [2.75, 3.05) is 16.4 Å². The fourth-order valence-corrected chi connectivity index (χ4v) is 4.48. The molecule has 0 unspecified atom stereocenters. The molecule has 6 nitrogen and oxygen atoms in total. The van der Waals surface area contributed by atoms with E-state index in [1.807, 2.05) is 37.3 Å². The Hall–Kier alpha value is -2.71. The number of hydrogen-bond donors (Lipinski definition) is 2. The maximum Gasteiger partial charge on any atom is 0.325 e. The van der Waals surface area contributed by atoms with E-state index in [1.54, 1.807) is 23.7 Å². The maximum absolute atomic E-state index is 12.4. The number of benzene rings is 2. The molecular weight excluding hydrogens is 382 g/mol. The van der Waals surface area contributed by atoms with Crippen LogP contribution in [0.3, 0.4) is 0 Å². The normalized spacial score (nSPS) is 11.1. The minimum Gasteiger partial charge on any atom is -0.307 e. The molecule has 2 aromatic carbocycles. The minimum atomic E-state index is -3.40. The van der Waals surface area contributed by atoms with Gasteiger partial charge < -0.3 is 5.32 Å². The summed E-state index contributed by atoms with van der Waals surface area (Å²) >= 11 is 1.30. The zero-order valence-electron chi connectivity index (χ0n) is 14.7. The van der Waals surface area contributed by atoms with Crippen molar-refractivity contribution in [2.45, 2.75) is 18.2 Å². The van der Waals surface area contributed by atoms with Crippen LogP contribution in [-0.2, 0) is 9.84 Å². The van der Waals surface area contributed by atoms with Crippen LogP contribution in [0.4, 0.5) is 15.6 Å². The number of aromatic nitrogens is 1. The van der Waals surface area contributed by atoms with Gasteiger partial charge in [0.25, 0.3) is 0 Å². The largest absolute Gasteiger partial charge is 0.325 e. The zero-order chi connectivity index (χ0) is 19.3. The van der Waals surface area contributed by atoms with Gasteiger partial charge in [0, 0.05) is 17.1 Å². The number of anilines is 2. The summed E-state index contributed by atoms with van der Waals surface area (Å²) in [5.41, 5.74) is 2.04. The first-order valence-corrected chi connectivity index (χ1v) is 10.9. The summed E-state index contributed by atoms with van der Waals surface area (Å²) in [7, 11) is -3.40. The first kappa shape index (κ1) is 19.1. The molecule has 0 spiro atoms. The Balaban J connectivity index is 1.97. The Morgan fingerprint density at radius 3 is 2.56 bits per heavy atom. The number of rotatable bonds is 6. The third kappa shape index (κ3) is 4.72. The lowest BCUT2D eigenvalue weighted by molar-refractivity contribution is 0.262. The summed E-state index contributed by atoms with van der Waals surface area (Å²) in [5, 5.41) is 7.61. The smallest absolute Gasteiger partial charge is 0.307 e. The maximum atomic E-state index is 12.4. The van der Waals surface area contributed by atoms with Crippen LogP contribution in [0.15, 0.2) is 65.0 Å². The Morgan fingerprint density at radius 2 is 1.89 bits per heavy atom. The third-order valence-corrected chi connectivity index (χ3v) is 6.42. The Labute approximate surface area is 162 Å². The quantitative estimate of drug-likeness (QED) is 0.630. The van der Waals surface area contributed by atoms with Gasteiger partial charge in [0.2, 0.25) is 0 Å². The molecule has 27 heavy (non-hydrogen) atoms. The van der Waals surface area contributed by atoms with Crippen LogP contribution in [0.2, 0.25) is 0 Å². The van der Waals surface area contributed by atoms with E-state index >= 15 is 0 Å². The molecule has 0 aliphatic rings. The summed E-state index contributed by atoms with van der Waals surface area (Å²) in [6, 6.07) is 13.8. The third-order valence-electron chi connectivity index (χ3n) is 3.81. The van der Waals surface area contributed by atoms with E-state index in [4.69, 9.17) is 0 Å². The highest BCUT2D eigenvalue weighted by atomic mass is 32.2. The van der Waals surface area contributed by atoms with Crippen LogP contribution >= 0.6 is 11.3 Å². The first-order chi connectivity index (χ1) is 13.0. The lowest BCUT2D eigenvalue weighted by atomic mass is 10.0. The van der Waals surface area contributed by atoms with Crippen LogP contribution in [0, 0.1) is 0 Å². The number of carbonyl (C=O) groups excluding carboxylic acids is 1. The van der Waals surface area contributed by atoms with Crippen LogP contribution in [-0.4, -0.2) is 25.2 Å². The standard InChI is InChI=1S/C19H19N3O3S2/c1-2-12-27(24,25)15-8-9-16(14-6-4-3-5-7-14)17(13-15)21-18(23)22-19-20-10-11-26-19/h3-11,13H,2,12H2,1H3,(H2,20,21,22,23). The second kappa shape index (κ2) is 8.32. The molecule has 2 N–H and O–H groups in total. The zero-order valence-corrected chi connectivity index (χ0v) is 16.3. The molecule has 2 amide bonds. The van der Waals surface area contributed by atoms with E-state index in [9.17, 15) is 13.2 Å². The summed E-state index contributed by atoms with van der Waals surface area (Å²) < 4.78 is 24.9. The van der Waals surface area contributed by atoms with Gasteiger partial charge in [0.1, 0.15) is 0 Å². The first-order valence-electron chi connectivity index (χ1n) is 8.39. The van der Waals surface area contributed by atoms with Crippen molar-refractivity contribution in [2.24, 2.45) is 0 Å². The van der Waals surface area contributed by atoms with E-state index in [0.29, 0.717) is 17.2 Å². The van der Waals surface area contributed by atoms with Crippen LogP contribution < -0.4 is 10.6 Å². The number of amides is 2. The van der Waals surface area contributed by atoms with E-state index in [0.717, 1.165) is 11.1 Å². The van der Waals surface area contributed by atoms with Crippen molar-refractivity contribution in [1.29, 1.82) is 0 Å². The number of nitrogens with zero attached hydrogens (tertiary/aromatic N) is 1. The highest BCUT2D eigenvalue weighted by Crippen LogP contribution is 2.31. The summed E-state index contributed by atoms with van der Waals surface area (Å²) in [5.74, 6) is 0.0580. The predicted molar refractivity (Wildman–Crippen MR) is 109 cm³/mol. The molecule has 0 aliphatic carbocycles. The molecule has 0 aliphatic heterocycles. The highest BCUT2D eigenvalue weighted by Gasteiger charge is 2.17. The van der Waals surface area contributed by atoms with Crippen LogP contribution in [0.5, 0.6) is 0 Å². The van der Waals surface area contributed by atoms with Crippen molar-refractivity contribution in [3.63, 3.8) is 0 Å². The van der Waals surface area contributed by atoms with Gasteiger partial charge in [-0.25, -0.2) is 18.2 Å². The van der Waals surface area contributed by atoms with E-state index in [2.05, 4.69) is 15.6 Å². The number of nitrogens with one attached hydrogen (secondary N) is 2. The van der Waals surface area contributed by atoms with Gasteiger partial charge in [-0.05, 0) is 24.1 Å². The lowest BCUT2D eigenvalue weighted by Gasteiger charge is -2.14. The number of urea groups is 1. The number of thiazole rings is 1. The molecule has 1 aromatic heterocycles. The molecule has 8 heteroatoms. The van der Waals surface area contributed by atoms with Crippen molar-refractivity contribution in [1.82, 2.24) is 4.98 Å². The van der Waals surface area contributed by atoms with Gasteiger partial charge in [-0.2, -0.15) is 0 Å². The molecule has 0 bridgehead atoms. The van der Waals surface area contributed by atoms with E-state index in [1.165, 1.54) is 17.4 Å². The second-order valence-electron chi connectivity index (χ2n) is 5.81. The molecule has 1 heterocycles. The van der Waals surface area contributed by atoms with Gasteiger partial charge in [-0.15, -0.1) is 11.3 Å². The lowest BCUT2D eigenvalue weighted by Crippen LogP contribution is -2.20. The van der Waals surface area contributed by atoms with E-state index in [-0.39, 0.29) is 10.6 Å². The van der Waals surface area contributed by atoms with Crippen LogP contribution in [0.1, 0.15) is 13.3 Å². The second-order valence-corrected chi connectivity index (χ2v) is 8.81. The summed E-state index contributed by atoms with van der Waals surface area (Å²) in [6.45, 7) is 1.82. The fourth-order valence-electron chi connectivity index (χ4n) is 2.61. The van der Waals surface area contributed by atoms with Crippen molar-refractivity contribution < 1.29 is 13.2 Å². The van der Waals surface area contributed by atoms with Gasteiger partial charge in [-0.1, -0.05) is 43.3 Å². The van der Waals surface area contributed by atoms with Crippen molar-refractivity contribution >= 4 is 38.0 Å². The Morgan fingerprint density at radius 1 is 1.11 bits per heavy atom. The number of carbonyl (C=O) groups is 1. The SMILES string of the molecule is CCCS(=O)(=O)c1ccc(-c2ccccc2)c(NC(=O)Nc2nccs2)c1. The van der Waals surface area contributed by atoms with E-state index < -0.39 is 15.9 Å². The van der Waals surface area contributed by atoms with Crippen LogP contribution in [0.25, 0.3) is 11.1 Å². The minimum absolute atomic E-state index is 0.0580. The van der Waals surface area contributed by atoms with Gasteiger partial charge in [-0.3, -0.25) is 5.32 Å². The Kier molecular flexibility index (Phi) is 5.88. The van der Waals surface area contributed by atoms with Crippen molar-refractivity contribution in [3.05, 3.63) is 60.1 Å². The van der Waals surface area contributed by atoms with Gasteiger partial charge >= 0.3 is 6.03 Å². The monoisotopic (exact) mass is 401 g/mol. The molecule has 0 fully saturated rings. The van der Waals surface area contributed by atoms with Gasteiger partial charge in [0.05, 0.1) is 16.3 Å². The molecule has 0 saturated carbocycles. The molecule has 3 aromatic rings. The van der Waals surface area contributed by atoms with Crippen molar-refractivity contribution in [3.8, 4) is 11.1 Å². The fraction of sp³-hybridized carbons (Fsp3) is 0.158. The summed E-state index contributed by atoms with van der Waals surface area (Å²) in [6.07, 6.45) is 2.11. The number of sulfone groups is 1. The molecule has 140 valence electrons. The average molecular weight is 402 g/mol. The molecular formula is C19H19N3O3S2. The molecule has 3 rings (SSSR count).